The highest BCUT2D eigenvalue weighted by atomic mass is 35.5. The van der Waals surface area contributed by atoms with Crippen LogP contribution in [0.5, 0.6) is 11.5 Å². The molecule has 8 heteroatoms. The van der Waals surface area contributed by atoms with Crippen molar-refractivity contribution in [3.05, 3.63) is 68.5 Å². The van der Waals surface area contributed by atoms with Crippen molar-refractivity contribution in [3.8, 4) is 11.5 Å². The van der Waals surface area contributed by atoms with Crippen LogP contribution < -0.4 is 15.1 Å². The van der Waals surface area contributed by atoms with Gasteiger partial charge >= 0.3 is 11.6 Å². The van der Waals surface area contributed by atoms with Gasteiger partial charge in [0.15, 0.2) is 6.10 Å². The third-order valence-electron chi connectivity index (χ3n) is 3.94. The monoisotopic (exact) mass is 422 g/mol. The lowest BCUT2D eigenvalue weighted by Crippen LogP contribution is -2.26. The molecule has 1 heterocycles. The van der Waals surface area contributed by atoms with E-state index in [1.165, 1.54) is 26.2 Å². The number of carbonyl (C=O) groups excluding carboxylic acids is 1. The first-order valence-electron chi connectivity index (χ1n) is 8.26. The Morgan fingerprint density at radius 3 is 2.64 bits per heavy atom. The molecule has 0 amide bonds. The van der Waals surface area contributed by atoms with Crippen molar-refractivity contribution < 1.29 is 23.4 Å². The van der Waals surface area contributed by atoms with Gasteiger partial charge in [-0.3, -0.25) is 0 Å². The molecule has 0 N–H and O–H groups in total. The van der Waals surface area contributed by atoms with Crippen molar-refractivity contribution in [1.82, 2.24) is 0 Å². The number of hydrogen-bond acceptors (Lipinski definition) is 6. The Hall–Kier alpha value is -2.70. The van der Waals surface area contributed by atoms with E-state index in [0.717, 1.165) is 0 Å². The summed E-state index contributed by atoms with van der Waals surface area (Å²) in [4.78, 5) is 24.1. The Morgan fingerprint density at radius 1 is 1.14 bits per heavy atom. The number of fused-ring (bicyclic) bond motifs is 1. The highest BCUT2D eigenvalue weighted by Crippen LogP contribution is 2.28. The predicted molar refractivity (Wildman–Crippen MR) is 105 cm³/mol. The minimum Gasteiger partial charge on any atom is -0.497 e. The molecule has 0 aliphatic heterocycles. The first-order valence-corrected chi connectivity index (χ1v) is 9.02. The van der Waals surface area contributed by atoms with Crippen LogP contribution in [0.3, 0.4) is 0 Å². The first kappa shape index (κ1) is 20.0. The van der Waals surface area contributed by atoms with Crippen molar-refractivity contribution in [1.29, 1.82) is 0 Å². The summed E-state index contributed by atoms with van der Waals surface area (Å²) >= 11 is 11.9. The minimum atomic E-state index is -0.912. The molecule has 0 aliphatic rings. The molecule has 1 unspecified atom stereocenters. The fourth-order valence-corrected chi connectivity index (χ4v) is 2.99. The lowest BCUT2D eigenvalue weighted by Gasteiger charge is -2.15. The molecule has 0 radical (unpaired) electrons. The Balaban J connectivity index is 1.72. The highest BCUT2D eigenvalue weighted by molar-refractivity contribution is 6.35. The molecule has 0 spiro atoms. The number of ether oxygens (including phenoxy) is 3. The van der Waals surface area contributed by atoms with Crippen LogP contribution in [-0.4, -0.2) is 19.2 Å². The van der Waals surface area contributed by atoms with Crippen LogP contribution in [0.25, 0.3) is 11.0 Å². The van der Waals surface area contributed by atoms with Gasteiger partial charge in [0.2, 0.25) is 0 Å². The zero-order chi connectivity index (χ0) is 20.3. The fourth-order valence-electron chi connectivity index (χ4n) is 2.53. The molecule has 0 bridgehead atoms. The first-order chi connectivity index (χ1) is 13.4. The molecule has 2 aromatic carbocycles. The van der Waals surface area contributed by atoms with Crippen molar-refractivity contribution in [2.75, 3.05) is 7.11 Å². The smallest absolute Gasteiger partial charge is 0.347 e. The van der Waals surface area contributed by atoms with Crippen LogP contribution >= 0.6 is 23.2 Å². The molecular formula is C20H16Cl2O6. The molecule has 0 fully saturated rings. The lowest BCUT2D eigenvalue weighted by atomic mass is 10.1. The summed E-state index contributed by atoms with van der Waals surface area (Å²) in [6, 6.07) is 11.0. The molecule has 0 saturated heterocycles. The van der Waals surface area contributed by atoms with E-state index in [4.69, 9.17) is 41.8 Å². The highest BCUT2D eigenvalue weighted by Gasteiger charge is 2.19. The standard InChI is InChI=1S/C20H16Cl2O6/c1-11(27-17-6-3-13(21)8-16(17)22)20(24)26-10-12-7-19(23)28-18-9-14(25-2)4-5-15(12)18/h3-9,11H,10H2,1-2H3. The topological polar surface area (TPSA) is 75.0 Å². The minimum absolute atomic E-state index is 0.116. The van der Waals surface area contributed by atoms with E-state index >= 15 is 0 Å². The van der Waals surface area contributed by atoms with E-state index in [1.807, 2.05) is 0 Å². The summed E-state index contributed by atoms with van der Waals surface area (Å²) in [5.74, 6) is 0.251. The van der Waals surface area contributed by atoms with E-state index < -0.39 is 17.7 Å². The SMILES string of the molecule is COc1ccc2c(COC(=O)C(C)Oc3ccc(Cl)cc3Cl)cc(=O)oc2c1. The van der Waals surface area contributed by atoms with Crippen LogP contribution in [0.1, 0.15) is 12.5 Å². The zero-order valence-corrected chi connectivity index (χ0v) is 16.5. The van der Waals surface area contributed by atoms with E-state index in [-0.39, 0.29) is 11.6 Å². The molecule has 3 aromatic rings. The third kappa shape index (κ3) is 4.58. The van der Waals surface area contributed by atoms with Gasteiger partial charge < -0.3 is 18.6 Å². The van der Waals surface area contributed by atoms with E-state index in [2.05, 4.69) is 0 Å². The van der Waals surface area contributed by atoms with Crippen LogP contribution in [0, 0.1) is 0 Å². The molecule has 1 aromatic heterocycles. The fraction of sp³-hybridized carbons (Fsp3) is 0.200. The van der Waals surface area contributed by atoms with Crippen molar-refractivity contribution in [2.24, 2.45) is 0 Å². The summed E-state index contributed by atoms with van der Waals surface area (Å²) in [6.07, 6.45) is -0.912. The number of halogens is 2. The van der Waals surface area contributed by atoms with Crippen molar-refractivity contribution in [2.45, 2.75) is 19.6 Å². The molecule has 3 rings (SSSR count). The Bertz CT molecular complexity index is 1080. The maximum Gasteiger partial charge on any atom is 0.347 e. The average Bonchev–Trinajstić information content (AvgIpc) is 2.67. The van der Waals surface area contributed by atoms with Gasteiger partial charge in [-0.2, -0.15) is 0 Å². The van der Waals surface area contributed by atoms with Gasteiger partial charge in [-0.15, -0.1) is 0 Å². The average molecular weight is 423 g/mol. The normalized spacial score (nSPS) is 11.9. The Kier molecular flexibility index (Phi) is 6.11. The molecule has 28 heavy (non-hydrogen) atoms. The molecule has 0 saturated carbocycles. The summed E-state index contributed by atoms with van der Waals surface area (Å²) in [6.45, 7) is 1.42. The maximum atomic E-state index is 12.3. The van der Waals surface area contributed by atoms with Crippen LogP contribution in [-0.2, 0) is 16.1 Å². The Labute approximate surface area is 170 Å². The van der Waals surface area contributed by atoms with Crippen molar-refractivity contribution in [3.63, 3.8) is 0 Å². The van der Waals surface area contributed by atoms with Gasteiger partial charge in [-0.1, -0.05) is 23.2 Å². The van der Waals surface area contributed by atoms with E-state index in [9.17, 15) is 9.59 Å². The molecule has 146 valence electrons. The summed E-state index contributed by atoms with van der Waals surface area (Å²) in [7, 11) is 1.51. The summed E-state index contributed by atoms with van der Waals surface area (Å²) in [5, 5.41) is 1.38. The zero-order valence-electron chi connectivity index (χ0n) is 15.0. The second kappa shape index (κ2) is 8.54. The summed E-state index contributed by atoms with van der Waals surface area (Å²) in [5.41, 5.74) is 0.304. The number of rotatable bonds is 6. The van der Waals surface area contributed by atoms with Crippen LogP contribution in [0.4, 0.5) is 0 Å². The van der Waals surface area contributed by atoms with Gasteiger partial charge in [0.1, 0.15) is 23.7 Å². The molecule has 0 aliphatic carbocycles. The second-order valence-electron chi connectivity index (χ2n) is 5.90. The van der Waals surface area contributed by atoms with Gasteiger partial charge in [0.05, 0.1) is 12.1 Å². The van der Waals surface area contributed by atoms with E-state index in [1.54, 1.807) is 30.3 Å². The van der Waals surface area contributed by atoms with Crippen LogP contribution in [0.15, 0.2) is 51.7 Å². The largest absolute Gasteiger partial charge is 0.497 e. The second-order valence-corrected chi connectivity index (χ2v) is 6.74. The summed E-state index contributed by atoms with van der Waals surface area (Å²) < 4.78 is 21.1. The van der Waals surface area contributed by atoms with E-state index in [0.29, 0.717) is 33.1 Å². The van der Waals surface area contributed by atoms with Crippen molar-refractivity contribution >= 4 is 40.1 Å². The third-order valence-corrected chi connectivity index (χ3v) is 4.47. The predicted octanol–water partition coefficient (Wildman–Crippen LogP) is 4.62. The Morgan fingerprint density at radius 2 is 1.93 bits per heavy atom. The number of benzene rings is 2. The lowest BCUT2D eigenvalue weighted by molar-refractivity contribution is -0.152. The van der Waals surface area contributed by atoms with Crippen LogP contribution in [0.2, 0.25) is 10.0 Å². The van der Waals surface area contributed by atoms with Gasteiger partial charge in [-0.05, 0) is 37.3 Å². The molecule has 6 nitrogen and oxygen atoms in total. The number of methoxy groups -OCH3 is 1. The number of carbonyl (C=O) groups is 1. The number of hydrogen-bond donors (Lipinski definition) is 0. The number of esters is 1. The van der Waals surface area contributed by atoms with Gasteiger partial charge in [0.25, 0.3) is 0 Å². The van der Waals surface area contributed by atoms with Gasteiger partial charge in [-0.25, -0.2) is 9.59 Å². The quantitative estimate of drug-likeness (QED) is 0.426. The molecule has 1 atom stereocenters. The maximum absolute atomic E-state index is 12.3. The van der Waals surface area contributed by atoms with Gasteiger partial charge in [0, 0.05) is 28.1 Å². The molecular weight excluding hydrogens is 407 g/mol.